The Balaban J connectivity index is 0.000000297. The lowest BCUT2D eigenvalue weighted by Crippen LogP contribution is -2.20. The minimum atomic E-state index is -0.400. The van der Waals surface area contributed by atoms with E-state index in [0.29, 0.717) is 0 Å². The summed E-state index contributed by atoms with van der Waals surface area (Å²) in [4.78, 5) is 1.88. The van der Waals surface area contributed by atoms with Crippen LogP contribution in [0.4, 0.5) is 0 Å². The van der Waals surface area contributed by atoms with E-state index in [0.717, 1.165) is 34.1 Å². The van der Waals surface area contributed by atoms with Gasteiger partial charge >= 0.3 is 0 Å². The number of hydrogen-bond donors (Lipinski definition) is 4. The van der Waals surface area contributed by atoms with Gasteiger partial charge in [0, 0.05) is 9.79 Å². The van der Waals surface area contributed by atoms with E-state index in [1.54, 1.807) is 14.2 Å². The summed E-state index contributed by atoms with van der Waals surface area (Å²) < 4.78 is 9.93. The fourth-order valence-corrected chi connectivity index (χ4v) is 3.98. The minimum Gasteiger partial charge on any atom is -0.497 e. The van der Waals surface area contributed by atoms with Gasteiger partial charge in [0.05, 0.1) is 18.3 Å². The van der Waals surface area contributed by atoms with Crippen molar-refractivity contribution in [1.82, 2.24) is 0 Å². The molecule has 0 saturated carbocycles. The molecule has 3 aromatic carbocycles. The van der Waals surface area contributed by atoms with Crippen LogP contribution in [0.15, 0.2) is 76.5 Å². The molecule has 3 aromatic rings. The zero-order chi connectivity index (χ0) is 22.1. The number of benzene rings is 3. The predicted octanol–water partition coefficient (Wildman–Crippen LogP) is 6.62. The highest BCUT2D eigenvalue weighted by atomic mass is 32.2. The smallest absolute Gasteiger partial charge is 0.118 e. The lowest BCUT2D eigenvalue weighted by molar-refractivity contribution is 0.414. The van der Waals surface area contributed by atoms with Gasteiger partial charge in [0.2, 0.25) is 0 Å². The fourth-order valence-electron chi connectivity index (χ4n) is 2.84. The van der Waals surface area contributed by atoms with E-state index >= 15 is 0 Å². The minimum absolute atomic E-state index is 0.400. The zero-order valence-electron chi connectivity index (χ0n) is 17.4. The molecule has 3 rings (SSSR count). The molecule has 0 aromatic heterocycles. The molecule has 0 unspecified atom stereocenters. The number of rotatable bonds is 6. The third-order valence-corrected chi connectivity index (χ3v) is 5.99. The first-order valence-electron chi connectivity index (χ1n) is 9.41. The quantitative estimate of drug-likeness (QED) is 0.237. The van der Waals surface area contributed by atoms with Gasteiger partial charge in [-0.3, -0.25) is 0 Å². The SMILES string of the molecule is COc1ccc(CC(S)(S)Cc2ccc(OC)cc2)cc1.Cc1ccc(S)c(S)c1. The van der Waals surface area contributed by atoms with Crippen LogP contribution in [-0.4, -0.2) is 18.3 Å². The van der Waals surface area contributed by atoms with E-state index in [4.69, 9.17) is 34.7 Å². The number of thiol groups is 4. The van der Waals surface area contributed by atoms with Crippen molar-refractivity contribution < 1.29 is 9.47 Å². The lowest BCUT2D eigenvalue weighted by atomic mass is 10.0. The van der Waals surface area contributed by atoms with Crippen molar-refractivity contribution in [3.05, 3.63) is 83.4 Å². The Morgan fingerprint density at radius 3 is 1.43 bits per heavy atom. The largest absolute Gasteiger partial charge is 0.497 e. The van der Waals surface area contributed by atoms with Crippen LogP contribution in [0.1, 0.15) is 16.7 Å². The van der Waals surface area contributed by atoms with E-state index in [-0.39, 0.29) is 0 Å². The summed E-state index contributed by atoms with van der Waals surface area (Å²) in [6, 6.07) is 22.0. The van der Waals surface area contributed by atoms with Gasteiger partial charge in [-0.1, -0.05) is 30.3 Å². The Kier molecular flexibility index (Phi) is 9.88. The van der Waals surface area contributed by atoms with Crippen molar-refractivity contribution in [2.45, 2.75) is 33.6 Å². The van der Waals surface area contributed by atoms with Crippen LogP contribution in [0.2, 0.25) is 0 Å². The second kappa shape index (κ2) is 11.9. The monoisotopic (exact) mass is 476 g/mol. The topological polar surface area (TPSA) is 18.5 Å². The zero-order valence-corrected chi connectivity index (χ0v) is 20.9. The molecule has 0 amide bonds. The Labute approximate surface area is 202 Å². The maximum atomic E-state index is 5.17. The second-order valence-electron chi connectivity index (χ2n) is 7.02. The summed E-state index contributed by atoms with van der Waals surface area (Å²) in [5, 5.41) is 0. The molecule has 6 heteroatoms. The van der Waals surface area contributed by atoms with Crippen LogP contribution < -0.4 is 9.47 Å². The van der Waals surface area contributed by atoms with E-state index in [1.807, 2.05) is 73.7 Å². The van der Waals surface area contributed by atoms with Crippen molar-refractivity contribution >= 4 is 50.5 Å². The van der Waals surface area contributed by atoms with Crippen LogP contribution in [-0.2, 0) is 12.8 Å². The third-order valence-electron chi connectivity index (χ3n) is 4.42. The molecular formula is C24H28O2S4. The Morgan fingerprint density at radius 1 is 0.667 bits per heavy atom. The van der Waals surface area contributed by atoms with Gasteiger partial charge in [-0.2, -0.15) is 25.3 Å². The average molecular weight is 477 g/mol. The lowest BCUT2D eigenvalue weighted by Gasteiger charge is -2.23. The molecule has 0 aliphatic carbocycles. The molecule has 0 radical (unpaired) electrons. The Hall–Kier alpha value is -1.34. The van der Waals surface area contributed by atoms with Gasteiger partial charge in [0.1, 0.15) is 11.5 Å². The fraction of sp³-hybridized carbons (Fsp3) is 0.250. The summed E-state index contributed by atoms with van der Waals surface area (Å²) in [7, 11) is 3.33. The number of ether oxygens (including phenoxy) is 2. The second-order valence-corrected chi connectivity index (χ2v) is 10.1. The van der Waals surface area contributed by atoms with Crippen LogP contribution in [0.5, 0.6) is 11.5 Å². The molecule has 0 saturated heterocycles. The maximum Gasteiger partial charge on any atom is 0.118 e. The number of aryl methyl sites for hydroxylation is 1. The van der Waals surface area contributed by atoms with Gasteiger partial charge < -0.3 is 9.47 Å². The standard InChI is InChI=1S/C17H20O2S2.C7H8S2/c1-18-15-7-3-13(4-8-15)11-17(20,21)12-14-5-9-16(19-2)10-6-14;1-5-2-3-6(8)7(9)4-5/h3-10,20-21H,11-12H2,1-2H3;2-4,8-9H,1H3. The first kappa shape index (κ1) is 24.9. The Bertz CT molecular complexity index is 871. The summed E-state index contributed by atoms with van der Waals surface area (Å²) in [6.07, 6.45) is 1.55. The summed E-state index contributed by atoms with van der Waals surface area (Å²) in [6.45, 7) is 2.03. The van der Waals surface area contributed by atoms with E-state index < -0.39 is 4.08 Å². The molecule has 0 aliphatic rings. The Morgan fingerprint density at radius 2 is 1.10 bits per heavy atom. The van der Waals surface area contributed by atoms with Gasteiger partial charge in [-0.25, -0.2) is 0 Å². The van der Waals surface area contributed by atoms with Crippen molar-refractivity contribution in [3.63, 3.8) is 0 Å². The summed E-state index contributed by atoms with van der Waals surface area (Å²) >= 11 is 17.8. The van der Waals surface area contributed by atoms with Crippen LogP contribution in [0.3, 0.4) is 0 Å². The highest BCUT2D eigenvalue weighted by molar-refractivity contribution is 8.00. The van der Waals surface area contributed by atoms with Crippen molar-refractivity contribution in [2.24, 2.45) is 0 Å². The van der Waals surface area contributed by atoms with Gasteiger partial charge in [-0.05, 0) is 72.9 Å². The molecule has 2 nitrogen and oxygen atoms in total. The summed E-state index contributed by atoms with van der Waals surface area (Å²) in [5.74, 6) is 1.72. The molecule has 0 bridgehead atoms. The normalized spacial score (nSPS) is 10.8. The molecular weight excluding hydrogens is 449 g/mol. The van der Waals surface area contributed by atoms with E-state index in [2.05, 4.69) is 25.3 Å². The van der Waals surface area contributed by atoms with Crippen molar-refractivity contribution in [3.8, 4) is 11.5 Å². The first-order chi connectivity index (χ1) is 14.2. The number of methoxy groups -OCH3 is 2. The van der Waals surface area contributed by atoms with Crippen LogP contribution in [0.25, 0.3) is 0 Å². The third kappa shape index (κ3) is 8.42. The summed E-state index contributed by atoms with van der Waals surface area (Å²) in [5.41, 5.74) is 3.60. The molecule has 0 atom stereocenters. The maximum absolute atomic E-state index is 5.17. The van der Waals surface area contributed by atoms with Crippen LogP contribution in [0, 0.1) is 6.92 Å². The molecule has 0 aliphatic heterocycles. The van der Waals surface area contributed by atoms with Gasteiger partial charge in [-0.15, -0.1) is 25.3 Å². The molecule has 0 spiro atoms. The van der Waals surface area contributed by atoms with Gasteiger partial charge in [0.25, 0.3) is 0 Å². The average Bonchev–Trinajstić information content (AvgIpc) is 2.72. The van der Waals surface area contributed by atoms with Crippen molar-refractivity contribution in [2.75, 3.05) is 14.2 Å². The van der Waals surface area contributed by atoms with E-state index in [9.17, 15) is 0 Å². The molecule has 0 fully saturated rings. The first-order valence-corrected chi connectivity index (χ1v) is 11.2. The van der Waals surface area contributed by atoms with Gasteiger partial charge in [0.15, 0.2) is 0 Å². The molecule has 160 valence electrons. The number of hydrogen-bond acceptors (Lipinski definition) is 6. The van der Waals surface area contributed by atoms with Crippen LogP contribution >= 0.6 is 50.5 Å². The molecule has 0 N–H and O–H groups in total. The molecule has 0 heterocycles. The predicted molar refractivity (Wildman–Crippen MR) is 140 cm³/mol. The van der Waals surface area contributed by atoms with Crippen molar-refractivity contribution in [1.29, 1.82) is 0 Å². The highest BCUT2D eigenvalue weighted by Gasteiger charge is 2.21. The van der Waals surface area contributed by atoms with E-state index in [1.165, 1.54) is 16.7 Å². The highest BCUT2D eigenvalue weighted by Crippen LogP contribution is 2.30. The molecule has 30 heavy (non-hydrogen) atoms.